The first-order valence-corrected chi connectivity index (χ1v) is 10.0. The molecule has 1 aliphatic carbocycles. The number of hydrogen-bond donors (Lipinski definition) is 3. The van der Waals surface area contributed by atoms with E-state index in [4.69, 9.17) is 9.94 Å². The first-order valence-electron chi connectivity index (χ1n) is 10.0. The molecule has 0 bridgehead atoms. The second kappa shape index (κ2) is 13.5. The van der Waals surface area contributed by atoms with Crippen LogP contribution in [0.3, 0.4) is 0 Å². The number of hydrogen-bond acceptors (Lipinski definition) is 5. The quantitative estimate of drug-likeness (QED) is 0.257. The van der Waals surface area contributed by atoms with Crippen molar-refractivity contribution >= 4 is 11.7 Å². The molecule has 3 N–H and O–H groups in total. The highest BCUT2D eigenvalue weighted by Crippen LogP contribution is 2.34. The molecule has 27 heavy (non-hydrogen) atoms. The summed E-state index contributed by atoms with van der Waals surface area (Å²) in [5.74, 6) is -0.865. The van der Waals surface area contributed by atoms with Gasteiger partial charge in [-0.15, -0.1) is 0 Å². The van der Waals surface area contributed by atoms with Crippen molar-refractivity contribution in [3.05, 3.63) is 24.3 Å². The van der Waals surface area contributed by atoms with Gasteiger partial charge in [-0.3, -0.25) is 4.79 Å². The molecule has 0 spiro atoms. The number of aliphatic carboxylic acids is 1. The van der Waals surface area contributed by atoms with Gasteiger partial charge in [0.1, 0.15) is 7.11 Å². The molecule has 0 radical (unpaired) electrons. The third kappa shape index (κ3) is 9.20. The molecular weight excluding hydrogens is 346 g/mol. The molecule has 0 aromatic carbocycles. The molecule has 1 aliphatic rings. The molecule has 6 nitrogen and oxygen atoms in total. The Kier molecular flexibility index (Phi) is 11.7. The maximum Gasteiger partial charge on any atom is 0.303 e. The topological polar surface area (TPSA) is 99.4 Å². The largest absolute Gasteiger partial charge is 0.481 e. The third-order valence-corrected chi connectivity index (χ3v) is 4.95. The molecule has 0 amide bonds. The van der Waals surface area contributed by atoms with Crippen molar-refractivity contribution in [1.82, 2.24) is 0 Å². The smallest absolute Gasteiger partial charge is 0.303 e. The first kappa shape index (κ1) is 23.4. The van der Waals surface area contributed by atoms with E-state index in [0.717, 1.165) is 31.4 Å². The number of aliphatic hydroxyl groups excluding tert-OH is 2. The monoisotopic (exact) mass is 381 g/mol. The van der Waals surface area contributed by atoms with E-state index in [1.165, 1.54) is 7.11 Å². The molecule has 4 atom stereocenters. The standard InChI is InChI=1S/C21H35NO5/c1-3-4-7-10-16(23)13-14-17-18(20(24)15-19(17)22-27-2)11-8-5-6-9-12-21(25)26/h5,8,13-14,16-18,20,23-24H,3-4,6-7,9-12,15H2,1-2H3,(H,25,26)/b8-5-,14-13+,22-19+/t16-,17-,18-,20+/m1/s1. The van der Waals surface area contributed by atoms with E-state index < -0.39 is 18.2 Å². The number of carbonyl (C=O) groups is 1. The van der Waals surface area contributed by atoms with Crippen LogP contribution in [0.4, 0.5) is 0 Å². The fourth-order valence-corrected chi connectivity index (χ4v) is 3.45. The summed E-state index contributed by atoms with van der Waals surface area (Å²) in [5.41, 5.74) is 0.797. The Morgan fingerprint density at radius 2 is 2.11 bits per heavy atom. The Balaban J connectivity index is 2.65. The van der Waals surface area contributed by atoms with Crippen LogP contribution in [0.2, 0.25) is 0 Å². The van der Waals surface area contributed by atoms with Crippen molar-refractivity contribution in [2.45, 2.75) is 76.9 Å². The van der Waals surface area contributed by atoms with E-state index in [0.29, 0.717) is 25.7 Å². The van der Waals surface area contributed by atoms with Gasteiger partial charge in [0.25, 0.3) is 0 Å². The van der Waals surface area contributed by atoms with Gasteiger partial charge in [-0.05, 0) is 25.7 Å². The minimum absolute atomic E-state index is 0.0197. The fraction of sp³-hybridized carbons (Fsp3) is 0.714. The SMILES string of the molecule is CCCCC[C@@H](O)/C=C/[C@H]1/C(=N/OC)C[C@H](O)[C@@H]1C/C=C\CCCC(=O)O. The van der Waals surface area contributed by atoms with Crippen LogP contribution >= 0.6 is 0 Å². The number of aliphatic hydroxyl groups is 2. The predicted octanol–water partition coefficient (Wildman–Crippen LogP) is 3.68. The molecule has 154 valence electrons. The van der Waals surface area contributed by atoms with Gasteiger partial charge in [-0.2, -0.15) is 0 Å². The highest BCUT2D eigenvalue weighted by atomic mass is 16.6. The number of carboxylic acids is 1. The molecule has 1 saturated carbocycles. The van der Waals surface area contributed by atoms with Gasteiger partial charge in [-0.1, -0.05) is 55.6 Å². The minimum Gasteiger partial charge on any atom is -0.481 e. The molecular formula is C21H35NO5. The summed E-state index contributed by atoms with van der Waals surface area (Å²) in [7, 11) is 1.50. The minimum atomic E-state index is -0.780. The molecule has 1 rings (SSSR count). The molecule has 1 fully saturated rings. The summed E-state index contributed by atoms with van der Waals surface area (Å²) in [6, 6.07) is 0. The van der Waals surface area contributed by atoms with Crippen LogP contribution in [0.25, 0.3) is 0 Å². The Hall–Kier alpha value is -1.66. The van der Waals surface area contributed by atoms with Gasteiger partial charge in [-0.25, -0.2) is 0 Å². The van der Waals surface area contributed by atoms with Crippen molar-refractivity contribution in [2.75, 3.05) is 7.11 Å². The molecule has 0 unspecified atom stereocenters. The van der Waals surface area contributed by atoms with Crippen molar-refractivity contribution in [3.8, 4) is 0 Å². The van der Waals surface area contributed by atoms with Crippen molar-refractivity contribution in [3.63, 3.8) is 0 Å². The Morgan fingerprint density at radius 1 is 1.33 bits per heavy atom. The van der Waals surface area contributed by atoms with Gasteiger partial charge in [0, 0.05) is 24.7 Å². The average Bonchev–Trinajstić information content (AvgIpc) is 2.91. The summed E-state index contributed by atoms with van der Waals surface area (Å²) in [5, 5.41) is 33.3. The second-order valence-electron chi connectivity index (χ2n) is 7.17. The van der Waals surface area contributed by atoms with Crippen molar-refractivity contribution in [2.24, 2.45) is 17.0 Å². The molecule has 0 aliphatic heterocycles. The number of nitrogens with zero attached hydrogens (tertiary/aromatic N) is 1. The molecule has 0 saturated heterocycles. The van der Waals surface area contributed by atoms with Crippen LogP contribution < -0.4 is 0 Å². The van der Waals surface area contributed by atoms with Crippen LogP contribution in [-0.2, 0) is 9.63 Å². The zero-order chi connectivity index (χ0) is 20.1. The van der Waals surface area contributed by atoms with E-state index in [1.807, 2.05) is 24.3 Å². The lowest BCUT2D eigenvalue weighted by molar-refractivity contribution is -0.137. The van der Waals surface area contributed by atoms with Gasteiger partial charge in [0.2, 0.25) is 0 Å². The maximum atomic E-state index is 10.5. The number of carboxylic acid groups (broad SMARTS) is 1. The average molecular weight is 382 g/mol. The number of allylic oxidation sites excluding steroid dienone is 3. The van der Waals surface area contributed by atoms with Crippen LogP contribution in [0, 0.1) is 11.8 Å². The van der Waals surface area contributed by atoms with Crippen LogP contribution in [0.5, 0.6) is 0 Å². The van der Waals surface area contributed by atoms with Crippen molar-refractivity contribution < 1.29 is 25.0 Å². The molecule has 0 aromatic heterocycles. The van der Waals surface area contributed by atoms with E-state index in [9.17, 15) is 15.0 Å². The molecule has 0 heterocycles. The first-order chi connectivity index (χ1) is 13.0. The summed E-state index contributed by atoms with van der Waals surface area (Å²) >= 11 is 0. The number of oxime groups is 1. The van der Waals surface area contributed by atoms with Gasteiger partial charge in [0.05, 0.1) is 17.9 Å². The summed E-state index contributed by atoms with van der Waals surface area (Å²) in [4.78, 5) is 15.5. The normalized spacial score (nSPS) is 25.6. The Labute approximate surface area is 162 Å². The van der Waals surface area contributed by atoms with Crippen molar-refractivity contribution in [1.29, 1.82) is 0 Å². The highest BCUT2D eigenvalue weighted by Gasteiger charge is 2.38. The van der Waals surface area contributed by atoms with E-state index >= 15 is 0 Å². The number of unbranched alkanes of at least 4 members (excludes halogenated alkanes) is 3. The second-order valence-corrected chi connectivity index (χ2v) is 7.17. The lowest BCUT2D eigenvalue weighted by Crippen LogP contribution is -2.19. The van der Waals surface area contributed by atoms with E-state index in [2.05, 4.69) is 12.1 Å². The highest BCUT2D eigenvalue weighted by molar-refractivity contribution is 5.90. The molecule has 6 heteroatoms. The summed E-state index contributed by atoms with van der Waals surface area (Å²) < 4.78 is 0. The zero-order valence-electron chi connectivity index (χ0n) is 16.6. The van der Waals surface area contributed by atoms with Gasteiger partial charge in [0.15, 0.2) is 0 Å². The van der Waals surface area contributed by atoms with Crippen LogP contribution in [-0.4, -0.2) is 46.3 Å². The van der Waals surface area contributed by atoms with Gasteiger partial charge < -0.3 is 20.2 Å². The Morgan fingerprint density at radius 3 is 2.78 bits per heavy atom. The Bertz CT molecular complexity index is 515. The van der Waals surface area contributed by atoms with E-state index in [1.54, 1.807) is 0 Å². The predicted molar refractivity (Wildman–Crippen MR) is 107 cm³/mol. The zero-order valence-corrected chi connectivity index (χ0v) is 16.6. The fourth-order valence-electron chi connectivity index (χ4n) is 3.45. The summed E-state index contributed by atoms with van der Waals surface area (Å²) in [6.45, 7) is 2.13. The maximum absolute atomic E-state index is 10.5. The number of rotatable bonds is 13. The lowest BCUT2D eigenvalue weighted by Gasteiger charge is -2.18. The van der Waals surface area contributed by atoms with Crippen LogP contribution in [0.15, 0.2) is 29.5 Å². The molecule has 0 aromatic rings. The van der Waals surface area contributed by atoms with E-state index in [-0.39, 0.29) is 18.3 Å². The summed E-state index contributed by atoms with van der Waals surface area (Å²) in [6.07, 6.45) is 13.4. The lowest BCUT2D eigenvalue weighted by atomic mass is 9.89. The van der Waals surface area contributed by atoms with Crippen LogP contribution in [0.1, 0.15) is 64.7 Å². The van der Waals surface area contributed by atoms with Gasteiger partial charge >= 0.3 is 5.97 Å². The third-order valence-electron chi connectivity index (χ3n) is 4.95.